The Morgan fingerprint density at radius 1 is 1.47 bits per heavy atom. The summed E-state index contributed by atoms with van der Waals surface area (Å²) in [4.78, 5) is 0.329. The normalized spacial score (nSPS) is 10.5. The topological polar surface area (TPSA) is 53.1 Å². The predicted octanol–water partition coefficient (Wildman–Crippen LogP) is 2.70. The first-order valence-electron chi connectivity index (χ1n) is 5.70. The van der Waals surface area contributed by atoms with Crippen molar-refractivity contribution in [2.24, 2.45) is 12.8 Å². The molecule has 0 radical (unpaired) electrons. The Bertz CT molecular complexity index is 624. The molecular formula is C13H14BrN3OS. The minimum atomic E-state index is 0.329. The molecule has 2 rings (SSSR count). The van der Waals surface area contributed by atoms with E-state index in [2.05, 4.69) is 21.0 Å². The zero-order chi connectivity index (χ0) is 14.0. The molecule has 4 nitrogen and oxygen atoms in total. The molecule has 0 aliphatic rings. The van der Waals surface area contributed by atoms with Crippen LogP contribution in [0.3, 0.4) is 0 Å². The molecule has 0 aliphatic carbocycles. The molecule has 0 aliphatic heterocycles. The average Bonchev–Trinajstić information content (AvgIpc) is 2.61. The number of benzene rings is 1. The Labute approximate surface area is 125 Å². The number of halogens is 1. The highest BCUT2D eigenvalue weighted by atomic mass is 79.9. The van der Waals surface area contributed by atoms with Gasteiger partial charge in [-0.2, -0.15) is 5.10 Å². The van der Waals surface area contributed by atoms with Crippen LogP contribution in [0.4, 0.5) is 0 Å². The molecule has 6 heteroatoms. The summed E-state index contributed by atoms with van der Waals surface area (Å²) in [6.45, 7) is 2.34. The number of hydrogen-bond acceptors (Lipinski definition) is 3. The summed E-state index contributed by atoms with van der Waals surface area (Å²) in [5.74, 6) is 0.681. The lowest BCUT2D eigenvalue weighted by Gasteiger charge is -2.10. The molecule has 0 bridgehead atoms. The van der Waals surface area contributed by atoms with Crippen molar-refractivity contribution >= 4 is 33.1 Å². The van der Waals surface area contributed by atoms with E-state index < -0.39 is 0 Å². The zero-order valence-electron chi connectivity index (χ0n) is 10.7. The second-order valence-corrected chi connectivity index (χ2v) is 5.35. The van der Waals surface area contributed by atoms with E-state index in [-0.39, 0.29) is 0 Å². The number of nitrogens with two attached hydrogens (primary N) is 1. The molecule has 0 atom stereocenters. The second-order valence-electron chi connectivity index (χ2n) is 4.12. The average molecular weight is 340 g/mol. The minimum Gasteiger partial charge on any atom is -0.487 e. The largest absolute Gasteiger partial charge is 0.487 e. The summed E-state index contributed by atoms with van der Waals surface area (Å²) in [5, 5.41) is 4.32. The number of aromatic nitrogens is 2. The van der Waals surface area contributed by atoms with Crippen LogP contribution in [0, 0.1) is 6.92 Å². The molecule has 0 amide bonds. The van der Waals surface area contributed by atoms with Crippen molar-refractivity contribution in [2.75, 3.05) is 0 Å². The van der Waals surface area contributed by atoms with Crippen molar-refractivity contribution in [3.8, 4) is 5.75 Å². The Morgan fingerprint density at radius 3 is 2.74 bits per heavy atom. The summed E-state index contributed by atoms with van der Waals surface area (Å²) in [5.41, 5.74) is 8.32. The number of ether oxygens (including phenoxy) is 1. The fourth-order valence-corrected chi connectivity index (χ4v) is 2.40. The van der Waals surface area contributed by atoms with Gasteiger partial charge >= 0.3 is 0 Å². The van der Waals surface area contributed by atoms with E-state index in [1.807, 2.05) is 38.2 Å². The second kappa shape index (κ2) is 5.71. The van der Waals surface area contributed by atoms with Gasteiger partial charge in [0.15, 0.2) is 0 Å². The monoisotopic (exact) mass is 339 g/mol. The number of thiocarbonyl (C=S) groups is 1. The van der Waals surface area contributed by atoms with Gasteiger partial charge in [0.05, 0.1) is 21.4 Å². The van der Waals surface area contributed by atoms with Gasteiger partial charge in [-0.15, -0.1) is 0 Å². The third-order valence-electron chi connectivity index (χ3n) is 2.78. The van der Waals surface area contributed by atoms with Crippen LogP contribution in [-0.2, 0) is 13.7 Å². The maximum atomic E-state index is 5.80. The first kappa shape index (κ1) is 14.0. The highest BCUT2D eigenvalue weighted by Gasteiger charge is 2.12. The highest BCUT2D eigenvalue weighted by molar-refractivity contribution is 9.10. The van der Waals surface area contributed by atoms with Crippen molar-refractivity contribution in [2.45, 2.75) is 13.5 Å². The Morgan fingerprint density at radius 2 is 2.16 bits per heavy atom. The summed E-state index contributed by atoms with van der Waals surface area (Å²) < 4.78 is 8.56. The van der Waals surface area contributed by atoms with Crippen LogP contribution >= 0.6 is 28.1 Å². The molecule has 1 aromatic carbocycles. The molecular weight excluding hydrogens is 326 g/mol. The van der Waals surface area contributed by atoms with Crippen molar-refractivity contribution in [3.63, 3.8) is 0 Å². The predicted molar refractivity (Wildman–Crippen MR) is 82.3 cm³/mol. The Balaban J connectivity index is 2.22. The Hall–Kier alpha value is -1.40. The van der Waals surface area contributed by atoms with E-state index in [0.717, 1.165) is 21.4 Å². The van der Waals surface area contributed by atoms with Gasteiger partial charge < -0.3 is 10.5 Å². The number of hydrogen-bond donors (Lipinski definition) is 1. The first-order chi connectivity index (χ1) is 9.00. The van der Waals surface area contributed by atoms with Crippen LogP contribution in [0.5, 0.6) is 5.75 Å². The molecule has 0 fully saturated rings. The highest BCUT2D eigenvalue weighted by Crippen LogP contribution is 2.24. The van der Waals surface area contributed by atoms with Gasteiger partial charge in [-0.3, -0.25) is 4.68 Å². The molecule has 0 saturated heterocycles. The maximum Gasteiger partial charge on any atom is 0.131 e. The lowest BCUT2D eigenvalue weighted by molar-refractivity contribution is 0.293. The number of aryl methyl sites for hydroxylation is 2. The van der Waals surface area contributed by atoms with Crippen LogP contribution in [0.15, 0.2) is 28.7 Å². The molecule has 0 saturated carbocycles. The van der Waals surface area contributed by atoms with Gasteiger partial charge in [-0.05, 0) is 35.0 Å². The van der Waals surface area contributed by atoms with Gasteiger partial charge in [0.1, 0.15) is 17.3 Å². The van der Waals surface area contributed by atoms with E-state index in [1.54, 1.807) is 4.68 Å². The number of nitrogens with zero attached hydrogens (tertiary/aromatic N) is 2. The maximum absolute atomic E-state index is 5.80. The van der Waals surface area contributed by atoms with E-state index in [1.165, 1.54) is 0 Å². The summed E-state index contributed by atoms with van der Waals surface area (Å²) in [6, 6.07) is 7.47. The standard InChI is InChI=1S/C13H14BrN3OS/c1-8-12(14)10(17(2)16-8)7-18-11-6-4-3-5-9(11)13(15)19/h3-6H,7H2,1-2H3,(H2,15,19). The van der Waals surface area contributed by atoms with Crippen LogP contribution in [0.25, 0.3) is 0 Å². The number of rotatable bonds is 4. The Kier molecular flexibility index (Phi) is 4.21. The molecule has 0 spiro atoms. The smallest absolute Gasteiger partial charge is 0.131 e. The summed E-state index contributed by atoms with van der Waals surface area (Å²) in [7, 11) is 1.88. The first-order valence-corrected chi connectivity index (χ1v) is 6.90. The molecule has 1 heterocycles. The minimum absolute atomic E-state index is 0.329. The lowest BCUT2D eigenvalue weighted by Crippen LogP contribution is -2.12. The third-order valence-corrected chi connectivity index (χ3v) is 4.03. The van der Waals surface area contributed by atoms with Crippen LogP contribution < -0.4 is 10.5 Å². The van der Waals surface area contributed by atoms with E-state index in [4.69, 9.17) is 22.7 Å². The summed E-state index contributed by atoms with van der Waals surface area (Å²) >= 11 is 8.52. The van der Waals surface area contributed by atoms with Crippen molar-refractivity contribution in [3.05, 3.63) is 45.7 Å². The molecule has 2 N–H and O–H groups in total. The van der Waals surface area contributed by atoms with Crippen molar-refractivity contribution in [1.82, 2.24) is 9.78 Å². The SMILES string of the molecule is Cc1nn(C)c(COc2ccccc2C(N)=S)c1Br. The van der Waals surface area contributed by atoms with E-state index in [0.29, 0.717) is 17.3 Å². The quantitative estimate of drug-likeness (QED) is 0.870. The molecule has 100 valence electrons. The van der Waals surface area contributed by atoms with E-state index >= 15 is 0 Å². The van der Waals surface area contributed by atoms with Gasteiger partial charge in [0, 0.05) is 7.05 Å². The van der Waals surface area contributed by atoms with Gasteiger partial charge in [0.2, 0.25) is 0 Å². The number of para-hydroxylation sites is 1. The van der Waals surface area contributed by atoms with Crippen LogP contribution in [-0.4, -0.2) is 14.8 Å². The summed E-state index contributed by atoms with van der Waals surface area (Å²) in [6.07, 6.45) is 0. The van der Waals surface area contributed by atoms with Crippen LogP contribution in [0.2, 0.25) is 0 Å². The van der Waals surface area contributed by atoms with Crippen molar-refractivity contribution < 1.29 is 4.74 Å². The van der Waals surface area contributed by atoms with Gasteiger partial charge in [0.25, 0.3) is 0 Å². The molecule has 19 heavy (non-hydrogen) atoms. The van der Waals surface area contributed by atoms with Crippen molar-refractivity contribution in [1.29, 1.82) is 0 Å². The molecule has 1 aromatic heterocycles. The van der Waals surface area contributed by atoms with E-state index in [9.17, 15) is 0 Å². The molecule has 0 unspecified atom stereocenters. The molecule has 2 aromatic rings. The fourth-order valence-electron chi connectivity index (χ4n) is 1.78. The fraction of sp³-hybridized carbons (Fsp3) is 0.231. The van der Waals surface area contributed by atoms with Gasteiger partial charge in [-0.1, -0.05) is 24.4 Å². The lowest BCUT2D eigenvalue weighted by atomic mass is 10.2. The zero-order valence-corrected chi connectivity index (χ0v) is 13.1. The third kappa shape index (κ3) is 2.96. The van der Waals surface area contributed by atoms with Gasteiger partial charge in [-0.25, -0.2) is 0 Å². The van der Waals surface area contributed by atoms with Crippen LogP contribution in [0.1, 0.15) is 17.0 Å².